The van der Waals surface area contributed by atoms with Gasteiger partial charge >= 0.3 is 12.1 Å². The number of aryl methyl sites for hydroxylation is 2. The van der Waals surface area contributed by atoms with E-state index in [1.165, 1.54) is 27.9 Å². The molecule has 3 N–H and O–H groups in total. The Balaban J connectivity index is 0.000000684. The lowest BCUT2D eigenvalue weighted by Crippen LogP contribution is -2.28. The zero-order chi connectivity index (χ0) is 31.5. The number of unbranched alkanes of at least 4 members (excludes halogenated alkanes) is 3. The third-order valence-electron chi connectivity index (χ3n) is 5.90. The highest BCUT2D eigenvalue weighted by molar-refractivity contribution is 5.82. The number of hydrogen-bond donors (Lipinski definition) is 2. The molecule has 0 saturated heterocycles. The van der Waals surface area contributed by atoms with Crippen molar-refractivity contribution in [3.63, 3.8) is 0 Å². The molecular weight excluding hydrogens is 534 g/mol. The lowest BCUT2D eigenvalue weighted by atomic mass is 10.1. The van der Waals surface area contributed by atoms with Crippen LogP contribution in [0.25, 0.3) is 23.1 Å². The molecular formula is C33H47N3O6. The van der Waals surface area contributed by atoms with Crippen molar-refractivity contribution in [3.05, 3.63) is 52.4 Å². The average Bonchev–Trinajstić information content (AvgIpc) is 3.49. The van der Waals surface area contributed by atoms with Crippen LogP contribution >= 0.6 is 0 Å². The van der Waals surface area contributed by atoms with Gasteiger partial charge in [0.15, 0.2) is 5.76 Å². The Bertz CT molecular complexity index is 1410. The van der Waals surface area contributed by atoms with Crippen molar-refractivity contribution in [3.8, 4) is 12.3 Å². The molecule has 1 aromatic carbocycles. The van der Waals surface area contributed by atoms with E-state index in [1.54, 1.807) is 27.7 Å². The number of carbonyl (C=O) groups is 2. The molecule has 42 heavy (non-hydrogen) atoms. The molecule has 9 heteroatoms. The number of nitrogens with zero attached hydrogens (tertiary/aromatic N) is 2. The monoisotopic (exact) mass is 581 g/mol. The van der Waals surface area contributed by atoms with E-state index in [1.807, 2.05) is 6.07 Å². The van der Waals surface area contributed by atoms with Crippen molar-refractivity contribution in [2.45, 2.75) is 98.8 Å². The molecule has 9 nitrogen and oxygen atoms in total. The number of carbonyl (C=O) groups excluding carboxylic acids is 1. The second-order valence-corrected chi connectivity index (χ2v) is 10.5. The number of ether oxygens (including phenoxy) is 2. The predicted octanol–water partition coefficient (Wildman–Crippen LogP) is 5.54. The highest BCUT2D eigenvalue weighted by atomic mass is 16.6. The summed E-state index contributed by atoms with van der Waals surface area (Å²) >= 11 is 0. The van der Waals surface area contributed by atoms with Crippen LogP contribution in [0.15, 0.2) is 34.9 Å². The first-order chi connectivity index (χ1) is 20.0. The van der Waals surface area contributed by atoms with E-state index >= 15 is 0 Å². The fourth-order valence-electron chi connectivity index (χ4n) is 4.31. The normalized spacial score (nSPS) is 11.7. The maximum atomic E-state index is 10.5. The lowest BCUT2D eigenvalue weighted by Gasteiger charge is -2.16. The molecule has 0 aliphatic heterocycles. The molecule has 1 amide bonds. The van der Waals surface area contributed by atoms with E-state index in [9.17, 15) is 9.59 Å². The van der Waals surface area contributed by atoms with Crippen LogP contribution < -0.4 is 16.3 Å². The molecule has 3 rings (SSSR count). The third-order valence-corrected chi connectivity index (χ3v) is 5.90. The first kappa shape index (κ1) is 36.0. The number of fused-ring (bicyclic) bond motifs is 1. The molecule has 0 spiro atoms. The van der Waals surface area contributed by atoms with Crippen molar-refractivity contribution in [2.75, 3.05) is 6.61 Å². The van der Waals surface area contributed by atoms with E-state index in [2.05, 4.69) is 77.1 Å². The average molecular weight is 582 g/mol. The minimum Gasteiger partial charge on any atom is -0.481 e. The van der Waals surface area contributed by atoms with Gasteiger partial charge in [-0.25, -0.2) is 4.79 Å². The van der Waals surface area contributed by atoms with Gasteiger partial charge in [0, 0.05) is 34.1 Å². The summed E-state index contributed by atoms with van der Waals surface area (Å²) in [7, 11) is 0. The number of nitrogens with two attached hydrogens (primary N) is 1. The van der Waals surface area contributed by atoms with E-state index in [0.29, 0.717) is 5.76 Å². The number of para-hydroxylation sites is 1. The second kappa shape index (κ2) is 19.2. The van der Waals surface area contributed by atoms with Crippen molar-refractivity contribution in [2.24, 2.45) is 5.73 Å². The maximum Gasteiger partial charge on any atom is 0.405 e. The van der Waals surface area contributed by atoms with Crippen LogP contribution in [0.3, 0.4) is 0 Å². The highest BCUT2D eigenvalue weighted by Crippen LogP contribution is 2.13. The van der Waals surface area contributed by atoms with Crippen molar-refractivity contribution < 1.29 is 28.7 Å². The molecule has 0 bridgehead atoms. The summed E-state index contributed by atoms with van der Waals surface area (Å²) in [5.74, 6) is 2.03. The summed E-state index contributed by atoms with van der Waals surface area (Å²) < 4.78 is 17.6. The van der Waals surface area contributed by atoms with Crippen LogP contribution in [0.5, 0.6) is 0 Å². The van der Waals surface area contributed by atoms with Gasteiger partial charge in [0.05, 0.1) is 18.7 Å². The van der Waals surface area contributed by atoms with Crippen LogP contribution in [0, 0.1) is 12.3 Å². The minimum absolute atomic E-state index is 0.00437. The van der Waals surface area contributed by atoms with E-state index in [-0.39, 0.29) is 19.6 Å². The molecule has 0 saturated carbocycles. The summed E-state index contributed by atoms with van der Waals surface area (Å²) in [4.78, 5) is 20.5. The second-order valence-electron chi connectivity index (χ2n) is 10.5. The number of rotatable bonds is 12. The van der Waals surface area contributed by atoms with Gasteiger partial charge in [-0.05, 0) is 66.9 Å². The molecule has 230 valence electrons. The molecule has 2 heterocycles. The highest BCUT2D eigenvalue weighted by Gasteiger charge is 2.12. The molecule has 0 aliphatic carbocycles. The van der Waals surface area contributed by atoms with E-state index in [0.717, 1.165) is 37.9 Å². The van der Waals surface area contributed by atoms with Gasteiger partial charge in [0.2, 0.25) is 0 Å². The van der Waals surface area contributed by atoms with Gasteiger partial charge in [-0.3, -0.25) is 4.79 Å². The van der Waals surface area contributed by atoms with Gasteiger partial charge in [-0.15, -0.1) is 12.3 Å². The van der Waals surface area contributed by atoms with Gasteiger partial charge in [0.25, 0.3) is 0 Å². The number of aliphatic carboxylic acids is 1. The topological polar surface area (TPSA) is 130 Å². The summed E-state index contributed by atoms with van der Waals surface area (Å²) in [6, 6.07) is 10.5. The number of benzene rings is 1. The molecule has 0 aliphatic rings. The van der Waals surface area contributed by atoms with Gasteiger partial charge in [0.1, 0.15) is 12.2 Å². The maximum absolute atomic E-state index is 10.5. The smallest absolute Gasteiger partial charge is 0.405 e. The molecule has 2 aromatic heterocycles. The first-order valence-corrected chi connectivity index (χ1v) is 14.3. The number of terminal acetylenes is 1. The molecule has 0 fully saturated rings. The van der Waals surface area contributed by atoms with Crippen LogP contribution in [-0.2, 0) is 33.8 Å². The SMILES string of the molecule is C#CC.C/C=c1\c(=C/C)n(CCCCCCc2cc(COCCC(=O)O)on2)c2ccccc12.CC(C)(C)OC(N)=O. The van der Waals surface area contributed by atoms with Crippen LogP contribution in [0.1, 0.15) is 85.1 Å². The van der Waals surface area contributed by atoms with Crippen molar-refractivity contribution >= 4 is 35.1 Å². The summed E-state index contributed by atoms with van der Waals surface area (Å²) in [5, 5.41) is 16.6. The van der Waals surface area contributed by atoms with E-state index < -0.39 is 17.7 Å². The Morgan fingerprint density at radius 3 is 2.38 bits per heavy atom. The lowest BCUT2D eigenvalue weighted by molar-refractivity contribution is -0.138. The third kappa shape index (κ3) is 13.6. The fourth-order valence-corrected chi connectivity index (χ4v) is 4.31. The summed E-state index contributed by atoms with van der Waals surface area (Å²) in [6.07, 6.45) is 13.7. The number of aromatic nitrogens is 2. The number of carboxylic acids is 1. The van der Waals surface area contributed by atoms with Crippen LogP contribution in [-0.4, -0.2) is 39.1 Å². The Kier molecular flexibility index (Phi) is 16.4. The molecule has 0 unspecified atom stereocenters. The van der Waals surface area contributed by atoms with Gasteiger partial charge < -0.3 is 29.4 Å². The standard InChI is InChI=1S/C25H32N2O4.C5H11NO2.C3H4/c1-3-21-22-12-8-9-13-24(22)27(23(21)4-2)15-10-6-5-7-11-19-17-20(31-26-19)18-30-16-14-25(28)29;1-5(2,3)8-4(6)7;1-3-2/h3-4,8-9,12-13,17H,5-7,10-11,14-16,18H2,1-2H3,(H,28,29);1-3H3,(H2,6,7);1H,2H3/b21-3-,23-4+;;. The Hall–Kier alpha value is -4.03. The molecule has 0 radical (unpaired) electrons. The Morgan fingerprint density at radius 2 is 1.81 bits per heavy atom. The van der Waals surface area contributed by atoms with Crippen LogP contribution in [0.4, 0.5) is 4.79 Å². The number of hydrogen-bond acceptors (Lipinski definition) is 6. The zero-order valence-electron chi connectivity index (χ0n) is 25.9. The van der Waals surface area contributed by atoms with Gasteiger partial charge in [-0.2, -0.15) is 0 Å². The van der Waals surface area contributed by atoms with E-state index in [4.69, 9.17) is 20.1 Å². The minimum atomic E-state index is -0.864. The Morgan fingerprint density at radius 1 is 1.14 bits per heavy atom. The van der Waals surface area contributed by atoms with Gasteiger partial charge in [-0.1, -0.05) is 48.3 Å². The van der Waals surface area contributed by atoms with Crippen LogP contribution in [0.2, 0.25) is 0 Å². The quantitative estimate of drug-likeness (QED) is 0.212. The molecule has 3 aromatic rings. The first-order valence-electron chi connectivity index (χ1n) is 14.3. The Labute approximate surface area is 249 Å². The fraction of sp³-hybridized carbons (Fsp3) is 0.485. The number of primary amides is 1. The van der Waals surface area contributed by atoms with Crippen molar-refractivity contribution in [1.82, 2.24) is 9.72 Å². The summed E-state index contributed by atoms with van der Waals surface area (Å²) in [5.41, 5.74) is 6.50. The number of carboxylic acid groups (broad SMARTS) is 1. The largest absolute Gasteiger partial charge is 0.481 e. The predicted molar refractivity (Wildman–Crippen MR) is 167 cm³/mol. The summed E-state index contributed by atoms with van der Waals surface area (Å²) in [6.45, 7) is 12.6. The molecule has 0 atom stereocenters. The zero-order valence-corrected chi connectivity index (χ0v) is 25.9. The van der Waals surface area contributed by atoms with Crippen molar-refractivity contribution in [1.29, 1.82) is 0 Å². The number of amides is 1.